The highest BCUT2D eigenvalue weighted by Gasteiger charge is 2.08. The van der Waals surface area contributed by atoms with Gasteiger partial charge in [-0.1, -0.05) is 0 Å². The zero-order valence-electron chi connectivity index (χ0n) is 10.9. The number of rotatable bonds is 4. The predicted molar refractivity (Wildman–Crippen MR) is 73.0 cm³/mol. The van der Waals surface area contributed by atoms with Crippen LogP contribution in [0.3, 0.4) is 0 Å². The summed E-state index contributed by atoms with van der Waals surface area (Å²) in [6.07, 6.45) is 1.76. The minimum atomic E-state index is -0.175. The number of aryl methyl sites for hydroxylation is 1. The maximum absolute atomic E-state index is 11.9. The molecule has 3 N–H and O–H groups in total. The van der Waals surface area contributed by atoms with Crippen LogP contribution in [0.25, 0.3) is 0 Å². The molecule has 0 bridgehead atoms. The fourth-order valence-electron chi connectivity index (χ4n) is 1.70. The van der Waals surface area contributed by atoms with E-state index in [2.05, 4.69) is 10.4 Å². The van der Waals surface area contributed by atoms with Crippen LogP contribution in [0.1, 0.15) is 5.69 Å². The summed E-state index contributed by atoms with van der Waals surface area (Å²) in [4.78, 5) is 11.9. The molecule has 0 aliphatic heterocycles. The van der Waals surface area contributed by atoms with Crippen molar-refractivity contribution in [3.63, 3.8) is 0 Å². The first-order valence-corrected chi connectivity index (χ1v) is 5.82. The van der Waals surface area contributed by atoms with E-state index in [-0.39, 0.29) is 12.5 Å². The fourth-order valence-corrected chi connectivity index (χ4v) is 1.70. The van der Waals surface area contributed by atoms with E-state index in [1.165, 1.54) is 7.11 Å². The molecule has 0 unspecified atom stereocenters. The Morgan fingerprint density at radius 1 is 1.47 bits per heavy atom. The summed E-state index contributed by atoms with van der Waals surface area (Å²) in [5.74, 6) is 0.358. The Bertz CT molecular complexity index is 592. The van der Waals surface area contributed by atoms with Gasteiger partial charge in [0.15, 0.2) is 0 Å². The molecule has 0 spiro atoms. The highest BCUT2D eigenvalue weighted by atomic mass is 16.5. The standard InChI is InChI=1S/C13H16N4O2/c1-9-5-6-17(16-9)8-13(18)15-11-4-3-10(14)7-12(11)19-2/h3-7H,8,14H2,1-2H3,(H,15,18). The van der Waals surface area contributed by atoms with E-state index in [0.29, 0.717) is 17.1 Å². The first kappa shape index (κ1) is 12.9. The lowest BCUT2D eigenvalue weighted by molar-refractivity contribution is -0.116. The second kappa shape index (κ2) is 5.43. The van der Waals surface area contributed by atoms with Gasteiger partial charge in [0.1, 0.15) is 12.3 Å². The molecule has 0 saturated carbocycles. The number of nitrogens with two attached hydrogens (primary N) is 1. The predicted octanol–water partition coefficient (Wildman–Crippen LogP) is 1.42. The van der Waals surface area contributed by atoms with Gasteiger partial charge in [-0.15, -0.1) is 0 Å². The van der Waals surface area contributed by atoms with Gasteiger partial charge in [0.2, 0.25) is 5.91 Å². The average Bonchev–Trinajstić information content (AvgIpc) is 2.76. The van der Waals surface area contributed by atoms with Crippen molar-refractivity contribution in [1.29, 1.82) is 0 Å². The molecule has 2 aromatic rings. The van der Waals surface area contributed by atoms with E-state index in [4.69, 9.17) is 10.5 Å². The van der Waals surface area contributed by atoms with Crippen LogP contribution < -0.4 is 15.8 Å². The number of ether oxygens (including phenoxy) is 1. The minimum absolute atomic E-state index is 0.154. The number of anilines is 2. The molecule has 1 amide bonds. The largest absolute Gasteiger partial charge is 0.494 e. The van der Waals surface area contributed by atoms with Crippen LogP contribution in [-0.4, -0.2) is 22.8 Å². The first-order valence-electron chi connectivity index (χ1n) is 5.82. The maximum atomic E-state index is 11.9. The lowest BCUT2D eigenvalue weighted by Crippen LogP contribution is -2.19. The third kappa shape index (κ3) is 3.25. The summed E-state index contributed by atoms with van der Waals surface area (Å²) in [5.41, 5.74) is 7.70. The van der Waals surface area contributed by atoms with Gasteiger partial charge in [-0.05, 0) is 25.1 Å². The zero-order chi connectivity index (χ0) is 13.8. The van der Waals surface area contributed by atoms with E-state index in [0.717, 1.165) is 5.69 Å². The van der Waals surface area contributed by atoms with Crippen LogP contribution in [-0.2, 0) is 11.3 Å². The lowest BCUT2D eigenvalue weighted by Gasteiger charge is -2.10. The van der Waals surface area contributed by atoms with Gasteiger partial charge in [-0.25, -0.2) is 0 Å². The molecule has 0 aliphatic rings. The third-order valence-electron chi connectivity index (χ3n) is 2.58. The Kier molecular flexibility index (Phi) is 3.70. The summed E-state index contributed by atoms with van der Waals surface area (Å²) in [5, 5.41) is 6.92. The van der Waals surface area contributed by atoms with Crippen molar-refractivity contribution in [2.24, 2.45) is 0 Å². The van der Waals surface area contributed by atoms with Crippen LogP contribution in [0.5, 0.6) is 5.75 Å². The number of nitrogens with zero attached hydrogens (tertiary/aromatic N) is 2. The van der Waals surface area contributed by atoms with Crippen molar-refractivity contribution in [2.45, 2.75) is 13.5 Å². The van der Waals surface area contributed by atoms with Crippen LogP contribution >= 0.6 is 0 Å². The number of methoxy groups -OCH3 is 1. The van der Waals surface area contributed by atoms with E-state index in [1.807, 2.05) is 13.0 Å². The topological polar surface area (TPSA) is 82.2 Å². The molecule has 19 heavy (non-hydrogen) atoms. The van der Waals surface area contributed by atoms with Crippen LogP contribution in [0, 0.1) is 6.92 Å². The zero-order valence-corrected chi connectivity index (χ0v) is 10.9. The van der Waals surface area contributed by atoms with Gasteiger partial charge < -0.3 is 15.8 Å². The number of aromatic nitrogens is 2. The Morgan fingerprint density at radius 3 is 2.89 bits per heavy atom. The maximum Gasteiger partial charge on any atom is 0.246 e. The molecule has 0 fully saturated rings. The molecule has 1 aromatic carbocycles. The molecule has 6 nitrogen and oxygen atoms in total. The van der Waals surface area contributed by atoms with Crippen molar-refractivity contribution < 1.29 is 9.53 Å². The molecule has 1 heterocycles. The Labute approximate surface area is 111 Å². The summed E-state index contributed by atoms with van der Waals surface area (Å²) < 4.78 is 6.74. The molecule has 2 rings (SSSR count). The molecule has 0 saturated heterocycles. The van der Waals surface area contributed by atoms with Gasteiger partial charge in [-0.2, -0.15) is 5.10 Å². The minimum Gasteiger partial charge on any atom is -0.494 e. The van der Waals surface area contributed by atoms with Crippen LogP contribution in [0.4, 0.5) is 11.4 Å². The number of hydrogen-bond acceptors (Lipinski definition) is 4. The van der Waals surface area contributed by atoms with Crippen molar-refractivity contribution in [2.75, 3.05) is 18.2 Å². The number of hydrogen-bond donors (Lipinski definition) is 2. The quantitative estimate of drug-likeness (QED) is 0.814. The Hall–Kier alpha value is -2.50. The van der Waals surface area contributed by atoms with Gasteiger partial charge in [0.25, 0.3) is 0 Å². The smallest absolute Gasteiger partial charge is 0.246 e. The van der Waals surface area contributed by atoms with E-state index in [9.17, 15) is 4.79 Å². The summed E-state index contributed by atoms with van der Waals surface area (Å²) in [7, 11) is 1.53. The number of carbonyl (C=O) groups is 1. The van der Waals surface area contributed by atoms with Crippen molar-refractivity contribution in [1.82, 2.24) is 9.78 Å². The normalized spacial score (nSPS) is 10.2. The first-order chi connectivity index (χ1) is 9.08. The van der Waals surface area contributed by atoms with Gasteiger partial charge in [0.05, 0.1) is 18.5 Å². The van der Waals surface area contributed by atoms with Gasteiger partial charge in [-0.3, -0.25) is 9.48 Å². The van der Waals surface area contributed by atoms with Crippen molar-refractivity contribution in [3.05, 3.63) is 36.2 Å². The number of amides is 1. The highest BCUT2D eigenvalue weighted by molar-refractivity contribution is 5.92. The molecule has 0 atom stereocenters. The summed E-state index contributed by atoms with van der Waals surface area (Å²) in [6.45, 7) is 2.03. The number of nitrogen functional groups attached to an aromatic ring is 1. The molecule has 0 radical (unpaired) electrons. The van der Waals surface area contributed by atoms with Gasteiger partial charge >= 0.3 is 0 Å². The average molecular weight is 260 g/mol. The van der Waals surface area contributed by atoms with Crippen molar-refractivity contribution in [3.8, 4) is 5.75 Å². The SMILES string of the molecule is COc1cc(N)ccc1NC(=O)Cn1ccc(C)n1. The fraction of sp³-hybridized carbons (Fsp3) is 0.231. The molecular formula is C13H16N4O2. The van der Waals surface area contributed by atoms with Crippen LogP contribution in [0.2, 0.25) is 0 Å². The van der Waals surface area contributed by atoms with Crippen LogP contribution in [0.15, 0.2) is 30.5 Å². The summed E-state index contributed by atoms with van der Waals surface area (Å²) >= 11 is 0. The molecule has 0 aliphatic carbocycles. The number of nitrogens with one attached hydrogen (secondary N) is 1. The Balaban J connectivity index is 2.06. The number of carbonyl (C=O) groups excluding carboxylic acids is 1. The molecule has 100 valence electrons. The second-order valence-electron chi connectivity index (χ2n) is 4.16. The second-order valence-corrected chi connectivity index (χ2v) is 4.16. The lowest BCUT2D eigenvalue weighted by atomic mass is 10.2. The van der Waals surface area contributed by atoms with E-state index >= 15 is 0 Å². The van der Waals surface area contributed by atoms with E-state index in [1.54, 1.807) is 29.1 Å². The number of benzene rings is 1. The highest BCUT2D eigenvalue weighted by Crippen LogP contribution is 2.26. The van der Waals surface area contributed by atoms with Gasteiger partial charge in [0, 0.05) is 18.0 Å². The monoisotopic (exact) mass is 260 g/mol. The van der Waals surface area contributed by atoms with E-state index < -0.39 is 0 Å². The molecule has 1 aromatic heterocycles. The molecule has 6 heteroatoms. The third-order valence-corrected chi connectivity index (χ3v) is 2.58. The summed E-state index contributed by atoms with van der Waals surface area (Å²) in [6, 6.07) is 6.92. The Morgan fingerprint density at radius 2 is 2.26 bits per heavy atom. The van der Waals surface area contributed by atoms with Crippen molar-refractivity contribution >= 4 is 17.3 Å². The molecular weight excluding hydrogens is 244 g/mol.